The van der Waals surface area contributed by atoms with E-state index in [0.29, 0.717) is 12.1 Å². The second-order valence-electron chi connectivity index (χ2n) is 6.37. The summed E-state index contributed by atoms with van der Waals surface area (Å²) in [6.07, 6.45) is 2.13. The predicted molar refractivity (Wildman–Crippen MR) is 105 cm³/mol. The van der Waals surface area contributed by atoms with Crippen LogP contribution in [-0.4, -0.2) is 44.0 Å². The lowest BCUT2D eigenvalue weighted by Gasteiger charge is -2.26. The van der Waals surface area contributed by atoms with Gasteiger partial charge in [-0.15, -0.1) is 0 Å². The molecule has 3 rings (SSSR count). The summed E-state index contributed by atoms with van der Waals surface area (Å²) < 4.78 is 10.8. The normalized spacial score (nSPS) is 16.2. The highest BCUT2D eigenvalue weighted by atomic mass is 32.1. The van der Waals surface area contributed by atoms with Crippen LogP contribution in [0.1, 0.15) is 41.2 Å². The van der Waals surface area contributed by atoms with Gasteiger partial charge in [-0.1, -0.05) is 0 Å². The summed E-state index contributed by atoms with van der Waals surface area (Å²) in [5.74, 6) is 1.35. The zero-order chi connectivity index (χ0) is 19.2. The van der Waals surface area contributed by atoms with Gasteiger partial charge >= 0.3 is 0 Å². The van der Waals surface area contributed by atoms with Crippen LogP contribution in [0.25, 0.3) is 0 Å². The molecular weight excluding hydrogens is 364 g/mol. The number of carbonyl (C=O) groups excluding carboxylic acids is 2. The fourth-order valence-electron chi connectivity index (χ4n) is 3.40. The lowest BCUT2D eigenvalue weighted by Crippen LogP contribution is -2.34. The van der Waals surface area contributed by atoms with E-state index in [1.807, 2.05) is 28.5 Å². The molecule has 0 saturated carbocycles. The van der Waals surface area contributed by atoms with Gasteiger partial charge in [-0.25, -0.2) is 0 Å². The van der Waals surface area contributed by atoms with E-state index >= 15 is 0 Å². The molecule has 0 spiro atoms. The van der Waals surface area contributed by atoms with Crippen molar-refractivity contribution in [1.82, 2.24) is 10.2 Å². The molecule has 0 radical (unpaired) electrons. The first-order valence-corrected chi connectivity index (χ1v) is 9.90. The van der Waals surface area contributed by atoms with Crippen LogP contribution >= 0.6 is 11.3 Å². The van der Waals surface area contributed by atoms with E-state index in [0.717, 1.165) is 36.4 Å². The summed E-state index contributed by atoms with van der Waals surface area (Å²) in [5, 5.41) is 6.46. The Morgan fingerprint density at radius 2 is 2.11 bits per heavy atom. The maximum Gasteiger partial charge on any atom is 0.252 e. The van der Waals surface area contributed by atoms with Crippen LogP contribution in [0.15, 0.2) is 35.0 Å². The molecule has 1 aromatic carbocycles. The van der Waals surface area contributed by atoms with Crippen molar-refractivity contribution in [2.75, 3.05) is 27.3 Å². The minimum absolute atomic E-state index is 0.00840. The molecule has 0 bridgehead atoms. The number of benzene rings is 1. The number of amides is 2. The maximum atomic E-state index is 12.7. The van der Waals surface area contributed by atoms with Gasteiger partial charge in [-0.05, 0) is 36.4 Å². The third-order valence-corrected chi connectivity index (χ3v) is 5.46. The first-order valence-electron chi connectivity index (χ1n) is 8.96. The third kappa shape index (κ3) is 4.42. The van der Waals surface area contributed by atoms with E-state index in [4.69, 9.17) is 9.47 Å². The number of nitrogens with zero attached hydrogens (tertiary/aromatic N) is 1. The van der Waals surface area contributed by atoms with Crippen molar-refractivity contribution in [3.8, 4) is 11.5 Å². The molecule has 144 valence electrons. The summed E-state index contributed by atoms with van der Waals surface area (Å²) in [6, 6.07) is 7.46. The van der Waals surface area contributed by atoms with Crippen molar-refractivity contribution in [2.24, 2.45) is 0 Å². The molecule has 1 aliphatic rings. The molecule has 2 amide bonds. The smallest absolute Gasteiger partial charge is 0.252 e. The van der Waals surface area contributed by atoms with Gasteiger partial charge in [0.05, 0.1) is 20.3 Å². The highest BCUT2D eigenvalue weighted by Crippen LogP contribution is 2.38. The highest BCUT2D eigenvalue weighted by Gasteiger charge is 2.31. The first-order chi connectivity index (χ1) is 13.1. The molecule has 2 aromatic rings. The standard InChI is InChI=1S/C20H24N2O4S/c1-25-15-5-6-16(18(12-15)26-2)17-4-3-10-22(17)19(23)7-9-21-20(24)14-8-11-27-13-14/h5-6,8,11-13,17H,3-4,7,9-10H2,1-2H3,(H,21,24)/t17-/m0/s1. The third-order valence-electron chi connectivity index (χ3n) is 4.78. The summed E-state index contributed by atoms with van der Waals surface area (Å²) in [6.45, 7) is 1.05. The molecule has 27 heavy (non-hydrogen) atoms. The molecule has 1 aliphatic heterocycles. The number of hydrogen-bond acceptors (Lipinski definition) is 5. The monoisotopic (exact) mass is 388 g/mol. The molecule has 1 fully saturated rings. The van der Waals surface area contributed by atoms with Gasteiger partial charge in [-0.2, -0.15) is 11.3 Å². The fourth-order valence-corrected chi connectivity index (χ4v) is 4.04. The van der Waals surface area contributed by atoms with Gasteiger partial charge < -0.3 is 19.7 Å². The Morgan fingerprint density at radius 1 is 1.26 bits per heavy atom. The van der Waals surface area contributed by atoms with Crippen LogP contribution in [0.3, 0.4) is 0 Å². The lowest BCUT2D eigenvalue weighted by molar-refractivity contribution is -0.132. The van der Waals surface area contributed by atoms with Gasteiger partial charge in [-0.3, -0.25) is 9.59 Å². The van der Waals surface area contributed by atoms with Gasteiger partial charge in [0.25, 0.3) is 5.91 Å². The number of hydrogen-bond donors (Lipinski definition) is 1. The molecule has 7 heteroatoms. The Hall–Kier alpha value is -2.54. The lowest BCUT2D eigenvalue weighted by atomic mass is 10.0. The van der Waals surface area contributed by atoms with Crippen LogP contribution in [0.5, 0.6) is 11.5 Å². The van der Waals surface area contributed by atoms with Crippen LogP contribution < -0.4 is 14.8 Å². The molecule has 2 heterocycles. The van der Waals surface area contributed by atoms with E-state index in [2.05, 4.69) is 5.32 Å². The number of carbonyl (C=O) groups is 2. The molecule has 1 atom stereocenters. The van der Waals surface area contributed by atoms with Crippen LogP contribution in [0.2, 0.25) is 0 Å². The van der Waals surface area contributed by atoms with Gasteiger partial charge in [0.1, 0.15) is 11.5 Å². The van der Waals surface area contributed by atoms with Crippen molar-refractivity contribution in [1.29, 1.82) is 0 Å². The Kier molecular flexibility index (Phi) is 6.34. The first kappa shape index (κ1) is 19.2. The molecular formula is C20H24N2O4S. The molecule has 0 aliphatic carbocycles. The second kappa shape index (κ2) is 8.90. The Balaban J connectivity index is 1.62. The molecule has 1 saturated heterocycles. The van der Waals surface area contributed by atoms with Crippen LogP contribution in [0, 0.1) is 0 Å². The highest BCUT2D eigenvalue weighted by molar-refractivity contribution is 7.08. The van der Waals surface area contributed by atoms with E-state index in [9.17, 15) is 9.59 Å². The Bertz CT molecular complexity index is 791. The quantitative estimate of drug-likeness (QED) is 0.791. The summed E-state index contributed by atoms with van der Waals surface area (Å²) in [4.78, 5) is 26.6. The maximum absolute atomic E-state index is 12.7. The Labute approximate surface area is 163 Å². The van der Waals surface area contributed by atoms with E-state index < -0.39 is 0 Å². The van der Waals surface area contributed by atoms with Gasteiger partial charge in [0.15, 0.2) is 0 Å². The van der Waals surface area contributed by atoms with Crippen LogP contribution in [0.4, 0.5) is 0 Å². The number of thiophene rings is 1. The SMILES string of the molecule is COc1ccc([C@@H]2CCCN2C(=O)CCNC(=O)c2ccsc2)c(OC)c1. The van der Waals surface area contributed by atoms with Crippen molar-refractivity contribution in [2.45, 2.75) is 25.3 Å². The predicted octanol–water partition coefficient (Wildman–Crippen LogP) is 3.25. The van der Waals surface area contributed by atoms with Crippen LogP contribution in [-0.2, 0) is 4.79 Å². The molecule has 1 aromatic heterocycles. The van der Waals surface area contributed by atoms with Crippen molar-refractivity contribution in [3.63, 3.8) is 0 Å². The average Bonchev–Trinajstić information content (AvgIpc) is 3.39. The van der Waals surface area contributed by atoms with Crippen molar-refractivity contribution in [3.05, 3.63) is 46.2 Å². The number of nitrogens with one attached hydrogen (secondary N) is 1. The number of rotatable bonds is 7. The number of ether oxygens (including phenoxy) is 2. The minimum Gasteiger partial charge on any atom is -0.497 e. The van der Waals surface area contributed by atoms with E-state index in [-0.39, 0.29) is 24.3 Å². The van der Waals surface area contributed by atoms with Gasteiger partial charge in [0.2, 0.25) is 5.91 Å². The largest absolute Gasteiger partial charge is 0.497 e. The minimum atomic E-state index is -0.140. The molecule has 0 unspecified atom stereocenters. The van der Waals surface area contributed by atoms with E-state index in [1.54, 1.807) is 25.7 Å². The second-order valence-corrected chi connectivity index (χ2v) is 7.15. The van der Waals surface area contributed by atoms with Crippen molar-refractivity contribution >= 4 is 23.2 Å². The van der Waals surface area contributed by atoms with E-state index in [1.165, 1.54) is 11.3 Å². The Morgan fingerprint density at radius 3 is 2.81 bits per heavy atom. The number of methoxy groups -OCH3 is 2. The topological polar surface area (TPSA) is 67.9 Å². The fraction of sp³-hybridized carbons (Fsp3) is 0.400. The molecule has 6 nitrogen and oxygen atoms in total. The zero-order valence-electron chi connectivity index (χ0n) is 15.6. The zero-order valence-corrected chi connectivity index (χ0v) is 16.4. The average molecular weight is 388 g/mol. The summed E-state index contributed by atoms with van der Waals surface area (Å²) in [7, 11) is 3.24. The number of likely N-dealkylation sites (tertiary alicyclic amines) is 1. The van der Waals surface area contributed by atoms with Crippen molar-refractivity contribution < 1.29 is 19.1 Å². The summed E-state index contributed by atoms with van der Waals surface area (Å²) in [5.41, 5.74) is 1.63. The summed E-state index contributed by atoms with van der Waals surface area (Å²) >= 11 is 1.48. The molecule has 1 N–H and O–H groups in total. The van der Waals surface area contributed by atoms with Gasteiger partial charge in [0, 0.05) is 42.1 Å².